The summed E-state index contributed by atoms with van der Waals surface area (Å²) in [5.74, 6) is 0.928. The van der Waals surface area contributed by atoms with Gasteiger partial charge < -0.3 is 5.32 Å². The van der Waals surface area contributed by atoms with Crippen molar-refractivity contribution in [1.82, 2.24) is 15.1 Å². The monoisotopic (exact) mass is 285 g/mol. The van der Waals surface area contributed by atoms with E-state index in [9.17, 15) is 0 Å². The molecule has 0 amide bonds. The molecule has 0 aromatic carbocycles. The largest absolute Gasteiger partial charge is 0.309 e. The molecule has 0 bridgehead atoms. The predicted octanol–water partition coefficient (Wildman–Crippen LogP) is 2.81. The minimum Gasteiger partial charge on any atom is -0.309 e. The summed E-state index contributed by atoms with van der Waals surface area (Å²) in [5.41, 5.74) is 0. The maximum Gasteiger partial charge on any atom is 0.0632 e. The van der Waals surface area contributed by atoms with Crippen LogP contribution in [-0.2, 0) is 6.54 Å². The van der Waals surface area contributed by atoms with E-state index < -0.39 is 0 Å². The van der Waals surface area contributed by atoms with Crippen molar-refractivity contribution in [2.45, 2.75) is 51.7 Å². The highest BCUT2D eigenvalue weighted by Crippen LogP contribution is 2.34. The second-order valence-corrected chi connectivity index (χ2v) is 5.75. The molecule has 1 aliphatic carbocycles. The van der Waals surface area contributed by atoms with Crippen molar-refractivity contribution in [3.8, 4) is 0 Å². The first-order valence-corrected chi connectivity index (χ1v) is 6.92. The predicted molar refractivity (Wildman–Crippen MR) is 69.3 cm³/mol. The molecule has 0 radical (unpaired) electrons. The third-order valence-corrected chi connectivity index (χ3v) is 3.55. The van der Waals surface area contributed by atoms with E-state index in [0.717, 1.165) is 23.0 Å². The van der Waals surface area contributed by atoms with Crippen LogP contribution in [0.15, 0.2) is 16.9 Å². The minimum atomic E-state index is 0.499. The molecule has 1 aromatic rings. The first kappa shape index (κ1) is 12.1. The lowest BCUT2D eigenvalue weighted by atomic mass is 10.2. The molecule has 1 N–H and O–H groups in total. The standard InChI is InChI=1S/C12H20BrN3/c1-3-4-10-5-12(10)15-9(2)7-16-8-11(13)6-14-16/h6,8-10,12,15H,3-5,7H2,1-2H3. The number of hydrogen-bond donors (Lipinski definition) is 1. The van der Waals surface area contributed by atoms with Crippen LogP contribution >= 0.6 is 15.9 Å². The SMILES string of the molecule is CCCC1CC1NC(C)Cn1cc(Br)cn1. The Bertz CT molecular complexity index is 337. The van der Waals surface area contributed by atoms with E-state index in [4.69, 9.17) is 0 Å². The molecule has 1 fully saturated rings. The number of halogens is 1. The van der Waals surface area contributed by atoms with Gasteiger partial charge in [0.25, 0.3) is 0 Å². The highest BCUT2D eigenvalue weighted by molar-refractivity contribution is 9.10. The van der Waals surface area contributed by atoms with Crippen LogP contribution in [0.25, 0.3) is 0 Å². The first-order valence-electron chi connectivity index (χ1n) is 6.13. The van der Waals surface area contributed by atoms with Gasteiger partial charge in [-0.05, 0) is 41.6 Å². The number of aromatic nitrogens is 2. The number of hydrogen-bond acceptors (Lipinski definition) is 2. The Labute approximate surface area is 106 Å². The van der Waals surface area contributed by atoms with Crippen LogP contribution in [0.1, 0.15) is 33.1 Å². The van der Waals surface area contributed by atoms with Gasteiger partial charge in [-0.25, -0.2) is 0 Å². The quantitative estimate of drug-likeness (QED) is 0.871. The van der Waals surface area contributed by atoms with Crippen LogP contribution in [0.4, 0.5) is 0 Å². The molecule has 0 spiro atoms. The average Bonchev–Trinajstić information content (AvgIpc) is 2.79. The van der Waals surface area contributed by atoms with Crippen LogP contribution in [0, 0.1) is 5.92 Å². The molecule has 1 aromatic heterocycles. The molecule has 3 atom stereocenters. The fourth-order valence-corrected chi connectivity index (χ4v) is 2.61. The van der Waals surface area contributed by atoms with Crippen LogP contribution < -0.4 is 5.32 Å². The molecule has 3 nitrogen and oxygen atoms in total. The number of rotatable bonds is 6. The van der Waals surface area contributed by atoms with Crippen molar-refractivity contribution in [1.29, 1.82) is 0 Å². The molecule has 1 heterocycles. The van der Waals surface area contributed by atoms with Gasteiger partial charge in [-0.3, -0.25) is 4.68 Å². The summed E-state index contributed by atoms with van der Waals surface area (Å²) in [4.78, 5) is 0. The Morgan fingerprint density at radius 3 is 3.12 bits per heavy atom. The Morgan fingerprint density at radius 1 is 1.69 bits per heavy atom. The first-order chi connectivity index (χ1) is 7.69. The van der Waals surface area contributed by atoms with Crippen molar-refractivity contribution in [2.75, 3.05) is 0 Å². The van der Waals surface area contributed by atoms with Crippen molar-refractivity contribution < 1.29 is 0 Å². The van der Waals surface area contributed by atoms with E-state index in [2.05, 4.69) is 40.2 Å². The van der Waals surface area contributed by atoms with Crippen molar-refractivity contribution >= 4 is 15.9 Å². The number of nitrogens with one attached hydrogen (secondary N) is 1. The van der Waals surface area contributed by atoms with Crippen LogP contribution in [0.2, 0.25) is 0 Å². The molecule has 3 unspecified atom stereocenters. The third-order valence-electron chi connectivity index (χ3n) is 3.14. The third kappa shape index (κ3) is 3.32. The normalized spacial score (nSPS) is 25.7. The van der Waals surface area contributed by atoms with Crippen molar-refractivity contribution in [2.24, 2.45) is 5.92 Å². The summed E-state index contributed by atoms with van der Waals surface area (Å²) in [6.45, 7) is 5.44. The van der Waals surface area contributed by atoms with Gasteiger partial charge >= 0.3 is 0 Å². The topological polar surface area (TPSA) is 29.9 Å². The van der Waals surface area contributed by atoms with Crippen molar-refractivity contribution in [3.05, 3.63) is 16.9 Å². The van der Waals surface area contributed by atoms with Gasteiger partial charge in [0.1, 0.15) is 0 Å². The lowest BCUT2D eigenvalue weighted by molar-refractivity contribution is 0.436. The van der Waals surface area contributed by atoms with Crippen LogP contribution in [0.3, 0.4) is 0 Å². The summed E-state index contributed by atoms with van der Waals surface area (Å²) >= 11 is 3.41. The van der Waals surface area contributed by atoms with Gasteiger partial charge in [0.15, 0.2) is 0 Å². The fraction of sp³-hybridized carbons (Fsp3) is 0.750. The smallest absolute Gasteiger partial charge is 0.0632 e. The minimum absolute atomic E-state index is 0.499. The van der Waals surface area contributed by atoms with E-state index in [1.165, 1.54) is 19.3 Å². The van der Waals surface area contributed by atoms with Gasteiger partial charge in [0.2, 0.25) is 0 Å². The van der Waals surface area contributed by atoms with Crippen LogP contribution in [-0.4, -0.2) is 21.9 Å². The molecule has 90 valence electrons. The van der Waals surface area contributed by atoms with E-state index in [0.29, 0.717) is 6.04 Å². The summed E-state index contributed by atoms with van der Waals surface area (Å²) in [5, 5.41) is 7.94. The van der Waals surface area contributed by atoms with E-state index in [-0.39, 0.29) is 0 Å². The van der Waals surface area contributed by atoms with Gasteiger partial charge in [-0.2, -0.15) is 5.10 Å². The second-order valence-electron chi connectivity index (χ2n) is 4.84. The van der Waals surface area contributed by atoms with E-state index in [1.54, 1.807) is 0 Å². The summed E-state index contributed by atoms with van der Waals surface area (Å²) in [6.07, 6.45) is 7.90. The molecule has 4 heteroatoms. The summed E-state index contributed by atoms with van der Waals surface area (Å²) in [7, 11) is 0. The molecule has 0 saturated heterocycles. The average molecular weight is 286 g/mol. The van der Waals surface area contributed by atoms with Crippen LogP contribution in [0.5, 0.6) is 0 Å². The molecule has 1 saturated carbocycles. The maximum absolute atomic E-state index is 4.27. The zero-order valence-corrected chi connectivity index (χ0v) is 11.6. The van der Waals surface area contributed by atoms with E-state index >= 15 is 0 Å². The fourth-order valence-electron chi connectivity index (χ4n) is 2.28. The highest BCUT2D eigenvalue weighted by Gasteiger charge is 2.36. The molecule has 0 aliphatic heterocycles. The molecular weight excluding hydrogens is 266 g/mol. The van der Waals surface area contributed by atoms with E-state index in [1.807, 2.05) is 17.1 Å². The zero-order valence-electron chi connectivity index (χ0n) is 9.99. The molecular formula is C12H20BrN3. The van der Waals surface area contributed by atoms with Gasteiger partial charge in [-0.1, -0.05) is 13.3 Å². The van der Waals surface area contributed by atoms with Gasteiger partial charge in [0.05, 0.1) is 17.2 Å². The van der Waals surface area contributed by atoms with Gasteiger partial charge in [-0.15, -0.1) is 0 Å². The zero-order chi connectivity index (χ0) is 11.5. The molecule has 1 aliphatic rings. The number of nitrogens with zero attached hydrogens (tertiary/aromatic N) is 2. The highest BCUT2D eigenvalue weighted by atomic mass is 79.9. The maximum atomic E-state index is 4.27. The Kier molecular flexibility index (Phi) is 4.03. The Hall–Kier alpha value is -0.350. The second kappa shape index (κ2) is 5.32. The molecule has 2 rings (SSSR count). The van der Waals surface area contributed by atoms with Crippen molar-refractivity contribution in [3.63, 3.8) is 0 Å². The molecule has 16 heavy (non-hydrogen) atoms. The lowest BCUT2D eigenvalue weighted by Crippen LogP contribution is -2.33. The Morgan fingerprint density at radius 2 is 2.50 bits per heavy atom. The Balaban J connectivity index is 1.71. The van der Waals surface area contributed by atoms with Gasteiger partial charge in [0, 0.05) is 18.3 Å². The summed E-state index contributed by atoms with van der Waals surface area (Å²) in [6, 6.07) is 1.26. The lowest BCUT2D eigenvalue weighted by Gasteiger charge is -2.13. The summed E-state index contributed by atoms with van der Waals surface area (Å²) < 4.78 is 3.04.